The third-order valence-corrected chi connectivity index (χ3v) is 7.70. The molecule has 0 unspecified atom stereocenters. The summed E-state index contributed by atoms with van der Waals surface area (Å²) < 4.78 is 28.5. The van der Waals surface area contributed by atoms with E-state index in [0.29, 0.717) is 5.69 Å². The fourth-order valence-electron chi connectivity index (χ4n) is 4.17. The summed E-state index contributed by atoms with van der Waals surface area (Å²) in [4.78, 5) is 15.4. The number of rotatable bonds is 5. The van der Waals surface area contributed by atoms with Crippen LogP contribution in [0.4, 0.5) is 11.4 Å². The first kappa shape index (κ1) is 21.1. The van der Waals surface area contributed by atoms with Crippen molar-refractivity contribution >= 4 is 27.3 Å². The Bertz CT molecular complexity index is 1220. The molecule has 0 radical (unpaired) electrons. The average molecular weight is 435 g/mol. The van der Waals surface area contributed by atoms with Gasteiger partial charge in [-0.25, -0.2) is 8.42 Å². The van der Waals surface area contributed by atoms with Gasteiger partial charge in [-0.2, -0.15) is 0 Å². The summed E-state index contributed by atoms with van der Waals surface area (Å²) >= 11 is 0. The maximum absolute atomic E-state index is 13.6. The van der Waals surface area contributed by atoms with E-state index in [4.69, 9.17) is 0 Å². The summed E-state index contributed by atoms with van der Waals surface area (Å²) in [5, 5.41) is 0. The minimum Gasteiger partial charge on any atom is -0.307 e. The van der Waals surface area contributed by atoms with Gasteiger partial charge in [-0.1, -0.05) is 48.5 Å². The Morgan fingerprint density at radius 2 is 1.65 bits per heavy atom. The minimum absolute atomic E-state index is 0.0233. The van der Waals surface area contributed by atoms with Gasteiger partial charge in [-0.05, 0) is 68.1 Å². The summed E-state index contributed by atoms with van der Waals surface area (Å²) in [7, 11) is -3.93. The Labute approximate surface area is 184 Å². The highest BCUT2D eigenvalue weighted by Gasteiger charge is 2.35. The molecule has 3 aromatic rings. The van der Waals surface area contributed by atoms with E-state index < -0.39 is 10.0 Å². The van der Waals surface area contributed by atoms with Crippen molar-refractivity contribution < 1.29 is 13.2 Å². The molecule has 0 fully saturated rings. The molecule has 6 heteroatoms. The summed E-state index contributed by atoms with van der Waals surface area (Å²) in [6.07, 6.45) is 0.761. The Kier molecular flexibility index (Phi) is 5.58. The van der Waals surface area contributed by atoms with E-state index in [1.165, 1.54) is 4.31 Å². The van der Waals surface area contributed by atoms with Gasteiger partial charge in [-0.3, -0.25) is 9.10 Å². The molecule has 0 N–H and O–H groups in total. The fraction of sp³-hybridized carbons (Fsp3) is 0.240. The number of anilines is 2. The predicted octanol–water partition coefficient (Wildman–Crippen LogP) is 4.48. The molecule has 31 heavy (non-hydrogen) atoms. The molecule has 0 aromatic heterocycles. The molecule has 160 valence electrons. The monoisotopic (exact) mass is 434 g/mol. The van der Waals surface area contributed by atoms with Crippen LogP contribution >= 0.6 is 0 Å². The zero-order valence-electron chi connectivity index (χ0n) is 17.9. The first-order valence-corrected chi connectivity index (χ1v) is 11.8. The number of benzene rings is 3. The van der Waals surface area contributed by atoms with E-state index in [9.17, 15) is 13.2 Å². The topological polar surface area (TPSA) is 57.7 Å². The maximum atomic E-state index is 13.6. The Morgan fingerprint density at radius 3 is 2.39 bits per heavy atom. The number of carbonyl (C=O) groups is 1. The number of carbonyl (C=O) groups excluding carboxylic acids is 1. The number of aryl methyl sites for hydroxylation is 1. The molecule has 1 amide bonds. The number of amides is 1. The van der Waals surface area contributed by atoms with Gasteiger partial charge >= 0.3 is 0 Å². The summed E-state index contributed by atoms with van der Waals surface area (Å²) in [6.45, 7) is 5.55. The molecular weight excluding hydrogens is 408 g/mol. The molecule has 1 aliphatic rings. The van der Waals surface area contributed by atoms with Gasteiger partial charge in [-0.15, -0.1) is 0 Å². The second-order valence-corrected chi connectivity index (χ2v) is 9.85. The molecule has 1 aliphatic heterocycles. The molecule has 4 rings (SSSR count). The Morgan fingerprint density at radius 1 is 0.968 bits per heavy atom. The van der Waals surface area contributed by atoms with Crippen LogP contribution in [0.2, 0.25) is 0 Å². The predicted molar refractivity (Wildman–Crippen MR) is 124 cm³/mol. The SMILES string of the molecule is Cc1cccc(N(CC(=O)N2c3ccccc3C[C@H]2C)S(=O)(=O)c2ccccc2)c1C. The van der Waals surface area contributed by atoms with Crippen LogP contribution in [0.3, 0.4) is 0 Å². The van der Waals surface area contributed by atoms with E-state index in [-0.39, 0.29) is 23.4 Å². The molecule has 0 saturated carbocycles. The summed E-state index contributed by atoms with van der Waals surface area (Å²) in [5.41, 5.74) is 4.30. The van der Waals surface area contributed by atoms with E-state index >= 15 is 0 Å². The van der Waals surface area contributed by atoms with Crippen molar-refractivity contribution in [2.24, 2.45) is 0 Å². The molecule has 0 bridgehead atoms. The molecule has 5 nitrogen and oxygen atoms in total. The van der Waals surface area contributed by atoms with Crippen molar-refractivity contribution in [3.05, 3.63) is 89.5 Å². The number of nitrogens with zero attached hydrogens (tertiary/aromatic N) is 2. The first-order chi connectivity index (χ1) is 14.8. The summed E-state index contributed by atoms with van der Waals surface area (Å²) in [5.74, 6) is -0.238. The highest BCUT2D eigenvalue weighted by molar-refractivity contribution is 7.92. The average Bonchev–Trinajstić information content (AvgIpc) is 3.10. The van der Waals surface area contributed by atoms with Gasteiger partial charge in [0.1, 0.15) is 6.54 Å². The zero-order chi connectivity index (χ0) is 22.2. The van der Waals surface area contributed by atoms with Crippen LogP contribution in [-0.2, 0) is 21.2 Å². The lowest BCUT2D eigenvalue weighted by atomic mass is 10.1. The fourth-order valence-corrected chi connectivity index (χ4v) is 5.66. The van der Waals surface area contributed by atoms with Crippen LogP contribution in [0.25, 0.3) is 0 Å². The lowest BCUT2D eigenvalue weighted by Gasteiger charge is -2.30. The van der Waals surface area contributed by atoms with Crippen LogP contribution in [0.15, 0.2) is 77.7 Å². The van der Waals surface area contributed by atoms with E-state index in [0.717, 1.165) is 28.8 Å². The quantitative estimate of drug-likeness (QED) is 0.595. The van der Waals surface area contributed by atoms with Crippen molar-refractivity contribution in [2.75, 3.05) is 15.7 Å². The smallest absolute Gasteiger partial charge is 0.264 e. The first-order valence-electron chi connectivity index (χ1n) is 10.3. The van der Waals surface area contributed by atoms with Crippen LogP contribution in [0, 0.1) is 13.8 Å². The van der Waals surface area contributed by atoms with Crippen LogP contribution < -0.4 is 9.21 Å². The van der Waals surface area contributed by atoms with Crippen molar-refractivity contribution in [1.29, 1.82) is 0 Å². The second kappa shape index (κ2) is 8.19. The van der Waals surface area contributed by atoms with Crippen molar-refractivity contribution in [1.82, 2.24) is 0 Å². The van der Waals surface area contributed by atoms with E-state index in [2.05, 4.69) is 0 Å². The zero-order valence-corrected chi connectivity index (χ0v) is 18.8. The number of hydrogen-bond donors (Lipinski definition) is 0. The molecule has 0 spiro atoms. The molecule has 1 atom stereocenters. The van der Waals surface area contributed by atoms with E-state index in [1.807, 2.05) is 57.2 Å². The van der Waals surface area contributed by atoms with Gasteiger partial charge in [0, 0.05) is 11.7 Å². The van der Waals surface area contributed by atoms with Crippen LogP contribution in [0.5, 0.6) is 0 Å². The Balaban J connectivity index is 1.77. The lowest BCUT2D eigenvalue weighted by molar-refractivity contribution is -0.117. The van der Waals surface area contributed by atoms with Gasteiger partial charge in [0.25, 0.3) is 10.0 Å². The largest absolute Gasteiger partial charge is 0.307 e. The van der Waals surface area contributed by atoms with Gasteiger partial charge in [0.2, 0.25) is 5.91 Å². The third-order valence-electron chi connectivity index (χ3n) is 5.93. The second-order valence-electron chi connectivity index (χ2n) is 7.99. The van der Waals surface area contributed by atoms with Crippen molar-refractivity contribution in [2.45, 2.75) is 38.1 Å². The van der Waals surface area contributed by atoms with Crippen molar-refractivity contribution in [3.63, 3.8) is 0 Å². The molecule has 1 heterocycles. The van der Waals surface area contributed by atoms with Gasteiger partial charge in [0.05, 0.1) is 10.6 Å². The van der Waals surface area contributed by atoms with Crippen LogP contribution in [0.1, 0.15) is 23.6 Å². The van der Waals surface area contributed by atoms with Gasteiger partial charge in [0.15, 0.2) is 0 Å². The number of fused-ring (bicyclic) bond motifs is 1. The van der Waals surface area contributed by atoms with Gasteiger partial charge < -0.3 is 4.90 Å². The normalized spacial score (nSPS) is 15.6. The maximum Gasteiger partial charge on any atom is 0.264 e. The molecule has 0 aliphatic carbocycles. The number of para-hydroxylation sites is 1. The highest BCUT2D eigenvalue weighted by Crippen LogP contribution is 2.33. The molecule has 0 saturated heterocycles. The molecule has 3 aromatic carbocycles. The van der Waals surface area contributed by atoms with E-state index in [1.54, 1.807) is 41.3 Å². The van der Waals surface area contributed by atoms with Crippen molar-refractivity contribution in [3.8, 4) is 0 Å². The Hall–Kier alpha value is -3.12. The third kappa shape index (κ3) is 3.83. The highest BCUT2D eigenvalue weighted by atomic mass is 32.2. The number of sulfonamides is 1. The number of hydrogen-bond acceptors (Lipinski definition) is 3. The van der Waals surface area contributed by atoms with Crippen LogP contribution in [-0.4, -0.2) is 26.9 Å². The minimum atomic E-state index is -3.93. The standard InChI is InChI=1S/C25H26N2O3S/c1-18-10-9-15-23(20(18)3)26(31(29,30)22-12-5-4-6-13-22)17-25(28)27-19(2)16-21-11-7-8-14-24(21)27/h4-15,19H,16-17H2,1-3H3/t19-/m1/s1. The lowest BCUT2D eigenvalue weighted by Crippen LogP contribution is -2.45. The summed E-state index contributed by atoms with van der Waals surface area (Å²) in [6, 6.07) is 21.6. The molecular formula is C25H26N2O3S.